The van der Waals surface area contributed by atoms with Crippen LogP contribution in [0.1, 0.15) is 40.0 Å². The van der Waals surface area contributed by atoms with Gasteiger partial charge in [0.15, 0.2) is 0 Å². The molecule has 11 heavy (non-hydrogen) atoms. The zero-order valence-electron chi connectivity index (χ0n) is 7.85. The van der Waals surface area contributed by atoms with Gasteiger partial charge in [-0.3, -0.25) is 0 Å². The number of hydrogen-bond donors (Lipinski definition) is 0. The second kappa shape index (κ2) is 2.12. The van der Waals surface area contributed by atoms with E-state index in [0.717, 1.165) is 11.8 Å². The van der Waals surface area contributed by atoms with Gasteiger partial charge < -0.3 is 0 Å². The van der Waals surface area contributed by atoms with Gasteiger partial charge in [-0.05, 0) is 36.5 Å². The van der Waals surface area contributed by atoms with Crippen molar-refractivity contribution in [1.29, 1.82) is 0 Å². The van der Waals surface area contributed by atoms with Gasteiger partial charge >= 0.3 is 0 Å². The molecule has 3 rings (SSSR count). The van der Waals surface area contributed by atoms with Crippen molar-refractivity contribution < 1.29 is 0 Å². The number of hydrogen-bond acceptors (Lipinski definition) is 0. The van der Waals surface area contributed by atoms with Gasteiger partial charge in [-0.15, -0.1) is 0 Å². The van der Waals surface area contributed by atoms with Crippen LogP contribution in [0.3, 0.4) is 0 Å². The van der Waals surface area contributed by atoms with Gasteiger partial charge in [-0.2, -0.15) is 0 Å². The first kappa shape index (κ1) is 7.39. The summed E-state index contributed by atoms with van der Waals surface area (Å²) in [6.45, 7) is 7.17. The molecule has 3 aliphatic rings. The highest BCUT2D eigenvalue weighted by atomic mass is 14.5. The molecule has 0 N–H and O–H groups in total. The molecule has 0 nitrogen and oxygen atoms in total. The van der Waals surface area contributed by atoms with Crippen LogP contribution in [0.25, 0.3) is 0 Å². The van der Waals surface area contributed by atoms with Gasteiger partial charge in [0, 0.05) is 0 Å². The fraction of sp³-hybridized carbons (Fsp3) is 0.818. The summed E-state index contributed by atoms with van der Waals surface area (Å²) >= 11 is 0. The van der Waals surface area contributed by atoms with E-state index in [1.807, 2.05) is 0 Å². The molecule has 2 atom stereocenters. The molecule has 0 aromatic carbocycles. The molecule has 1 saturated carbocycles. The monoisotopic (exact) mass is 150 g/mol. The van der Waals surface area contributed by atoms with E-state index in [4.69, 9.17) is 0 Å². The molecule has 62 valence electrons. The molecule has 0 aliphatic heterocycles. The number of fused-ring (bicyclic) bond motifs is 1. The third kappa shape index (κ3) is 0.816. The maximum atomic E-state index is 2.49. The average molecular weight is 150 g/mol. The summed E-state index contributed by atoms with van der Waals surface area (Å²) in [4.78, 5) is 0. The van der Waals surface area contributed by atoms with Crippen LogP contribution in [0, 0.1) is 17.3 Å². The van der Waals surface area contributed by atoms with E-state index < -0.39 is 0 Å². The SMILES string of the molecule is CCC1=CC[C@H]2C[C@@H]1C2(C)C. The molecule has 1 fully saturated rings. The van der Waals surface area contributed by atoms with Crippen molar-refractivity contribution in [1.82, 2.24) is 0 Å². The van der Waals surface area contributed by atoms with E-state index in [1.165, 1.54) is 19.3 Å². The van der Waals surface area contributed by atoms with Crippen molar-refractivity contribution in [2.45, 2.75) is 40.0 Å². The summed E-state index contributed by atoms with van der Waals surface area (Å²) in [5, 5.41) is 0. The molecular formula is C11H18. The lowest BCUT2D eigenvalue weighted by Gasteiger charge is -2.56. The lowest BCUT2D eigenvalue weighted by Crippen LogP contribution is -2.47. The van der Waals surface area contributed by atoms with Crippen LogP contribution in [-0.2, 0) is 0 Å². The van der Waals surface area contributed by atoms with E-state index in [1.54, 1.807) is 5.57 Å². The average Bonchev–Trinajstić information content (AvgIpc) is 2.04. The Morgan fingerprint density at radius 1 is 1.55 bits per heavy atom. The van der Waals surface area contributed by atoms with Crippen LogP contribution in [0.5, 0.6) is 0 Å². The van der Waals surface area contributed by atoms with E-state index in [2.05, 4.69) is 26.8 Å². The Morgan fingerprint density at radius 3 is 2.64 bits per heavy atom. The van der Waals surface area contributed by atoms with Crippen molar-refractivity contribution in [2.75, 3.05) is 0 Å². The highest BCUT2D eigenvalue weighted by molar-refractivity contribution is 5.22. The lowest BCUT2D eigenvalue weighted by atomic mass is 9.48. The Hall–Kier alpha value is -0.260. The van der Waals surface area contributed by atoms with Crippen molar-refractivity contribution >= 4 is 0 Å². The van der Waals surface area contributed by atoms with Gasteiger partial charge in [-0.1, -0.05) is 32.4 Å². The summed E-state index contributed by atoms with van der Waals surface area (Å²) < 4.78 is 0. The molecule has 0 radical (unpaired) electrons. The topological polar surface area (TPSA) is 0 Å². The zero-order chi connectivity index (χ0) is 8.06. The summed E-state index contributed by atoms with van der Waals surface area (Å²) in [5.41, 5.74) is 2.37. The van der Waals surface area contributed by atoms with Crippen LogP contribution < -0.4 is 0 Å². The molecule has 2 bridgehead atoms. The minimum atomic E-state index is 0.639. The quantitative estimate of drug-likeness (QED) is 0.503. The predicted octanol–water partition coefficient (Wildman–Crippen LogP) is 3.39. The summed E-state index contributed by atoms with van der Waals surface area (Å²) in [5.74, 6) is 1.94. The number of allylic oxidation sites excluding steroid dienone is 2. The van der Waals surface area contributed by atoms with Crippen LogP contribution >= 0.6 is 0 Å². The maximum Gasteiger partial charge on any atom is -0.0146 e. The molecule has 0 heteroatoms. The minimum absolute atomic E-state index is 0.639. The van der Waals surface area contributed by atoms with Gasteiger partial charge in [-0.25, -0.2) is 0 Å². The molecule has 0 heterocycles. The Bertz CT molecular complexity index is 198. The first-order chi connectivity index (χ1) is 5.16. The Kier molecular flexibility index (Phi) is 1.42. The van der Waals surface area contributed by atoms with Crippen molar-refractivity contribution in [3.8, 4) is 0 Å². The van der Waals surface area contributed by atoms with Crippen LogP contribution in [0.4, 0.5) is 0 Å². The van der Waals surface area contributed by atoms with Crippen LogP contribution in [0.15, 0.2) is 11.6 Å². The fourth-order valence-electron chi connectivity index (χ4n) is 2.87. The molecule has 0 spiro atoms. The number of rotatable bonds is 1. The van der Waals surface area contributed by atoms with Gasteiger partial charge in [0.2, 0.25) is 0 Å². The summed E-state index contributed by atoms with van der Waals surface area (Å²) in [6.07, 6.45) is 6.60. The first-order valence-electron chi connectivity index (χ1n) is 4.85. The molecule has 3 aliphatic carbocycles. The van der Waals surface area contributed by atoms with Gasteiger partial charge in [0.1, 0.15) is 0 Å². The van der Waals surface area contributed by atoms with Gasteiger partial charge in [0.05, 0.1) is 0 Å². The third-order valence-electron chi connectivity index (χ3n) is 3.99. The standard InChI is InChI=1S/C11H18/c1-4-8-5-6-9-7-10(8)11(9,2)3/h5,9-10H,4,6-7H2,1-3H3/t9-,10-/m0/s1. The van der Waals surface area contributed by atoms with Crippen molar-refractivity contribution in [2.24, 2.45) is 17.3 Å². The van der Waals surface area contributed by atoms with Crippen LogP contribution in [-0.4, -0.2) is 0 Å². The second-order valence-corrected chi connectivity index (χ2v) is 4.67. The highest BCUT2D eigenvalue weighted by Crippen LogP contribution is 2.59. The lowest BCUT2D eigenvalue weighted by molar-refractivity contribution is -0.00777. The minimum Gasteiger partial charge on any atom is -0.0847 e. The smallest absolute Gasteiger partial charge is 0.0146 e. The fourth-order valence-corrected chi connectivity index (χ4v) is 2.87. The highest BCUT2D eigenvalue weighted by Gasteiger charge is 2.50. The van der Waals surface area contributed by atoms with E-state index in [9.17, 15) is 0 Å². The first-order valence-corrected chi connectivity index (χ1v) is 4.85. The molecule has 0 saturated heterocycles. The molecule has 0 amide bonds. The van der Waals surface area contributed by atoms with Crippen molar-refractivity contribution in [3.63, 3.8) is 0 Å². The maximum absolute atomic E-state index is 2.49. The van der Waals surface area contributed by atoms with E-state index in [0.29, 0.717) is 5.41 Å². The Morgan fingerprint density at radius 2 is 2.27 bits per heavy atom. The molecule has 0 aromatic heterocycles. The Labute approximate surface area is 69.7 Å². The predicted molar refractivity (Wildman–Crippen MR) is 48.4 cm³/mol. The van der Waals surface area contributed by atoms with E-state index >= 15 is 0 Å². The largest absolute Gasteiger partial charge is 0.0847 e. The van der Waals surface area contributed by atoms with Crippen LogP contribution in [0.2, 0.25) is 0 Å². The normalized spacial score (nSPS) is 39.4. The molecular weight excluding hydrogens is 132 g/mol. The van der Waals surface area contributed by atoms with Crippen molar-refractivity contribution in [3.05, 3.63) is 11.6 Å². The molecule has 0 unspecified atom stereocenters. The summed E-state index contributed by atoms with van der Waals surface area (Å²) in [7, 11) is 0. The summed E-state index contributed by atoms with van der Waals surface area (Å²) in [6, 6.07) is 0. The Balaban J connectivity index is 2.23. The zero-order valence-corrected chi connectivity index (χ0v) is 7.85. The third-order valence-corrected chi connectivity index (χ3v) is 3.99. The van der Waals surface area contributed by atoms with Gasteiger partial charge in [0.25, 0.3) is 0 Å². The van der Waals surface area contributed by atoms with E-state index in [-0.39, 0.29) is 0 Å². The molecule has 0 aromatic rings. The second-order valence-electron chi connectivity index (χ2n) is 4.67.